The summed E-state index contributed by atoms with van der Waals surface area (Å²) in [5.74, 6) is -2.66. The molecule has 4 heterocycles. The van der Waals surface area contributed by atoms with Gasteiger partial charge in [-0.05, 0) is 11.6 Å². The van der Waals surface area contributed by atoms with Crippen LogP contribution in [-0.2, 0) is 29.4 Å². The minimum Gasteiger partial charge on any atom is -0.477 e. The number of aliphatic carboxylic acids is 1. The molecule has 1 aromatic rings. The number of rotatable bonds is 10. The van der Waals surface area contributed by atoms with Gasteiger partial charge in [-0.1, -0.05) is 11.2 Å². The summed E-state index contributed by atoms with van der Waals surface area (Å²) in [5, 5.41) is 29.3. The second-order valence-corrected chi connectivity index (χ2v) is 12.9. The van der Waals surface area contributed by atoms with Crippen LogP contribution in [0.2, 0.25) is 0 Å². The van der Waals surface area contributed by atoms with Gasteiger partial charge in [0.1, 0.15) is 23.2 Å². The monoisotopic (exact) mass is 627 g/mol. The number of carboxylic acid groups (broad SMARTS) is 1. The molecule has 0 aliphatic carbocycles. The van der Waals surface area contributed by atoms with E-state index in [1.54, 1.807) is 12.1 Å². The number of β-lactam (4-membered cyclic amide) rings is 1. The molecule has 6 N–H and O–H groups in total. The van der Waals surface area contributed by atoms with Gasteiger partial charge in [0.15, 0.2) is 5.13 Å². The number of fused-ring (bicyclic) bond motifs is 1. The zero-order valence-electron chi connectivity index (χ0n) is 21.7. The molecule has 2 fully saturated rings. The van der Waals surface area contributed by atoms with Crippen LogP contribution in [0.1, 0.15) is 5.82 Å². The Balaban J connectivity index is 1.44. The van der Waals surface area contributed by atoms with Gasteiger partial charge in [-0.25, -0.2) is 9.93 Å². The summed E-state index contributed by atoms with van der Waals surface area (Å²) in [6.07, 6.45) is 3.48. The van der Waals surface area contributed by atoms with E-state index in [1.807, 2.05) is 13.1 Å². The van der Waals surface area contributed by atoms with E-state index >= 15 is 0 Å². The SMILES string of the molecule is C[N+]1(C/C=C/C2=C(C(=O)O)N3C(=O)[C@@H](NC(=O)/C(=N\OCC#N)c4nsc(N)n4)[C@H]3SC2)CCN(S(N)(=O)=O)CC1. The Hall–Kier alpha value is -3.61. The van der Waals surface area contributed by atoms with Gasteiger partial charge < -0.3 is 25.5 Å². The number of likely N-dealkylation sites (N-methyl/N-ethyl adjacent to an activating group) is 1. The Bertz CT molecular complexity index is 1470. The number of quaternary nitrogens is 1. The molecule has 0 aromatic carbocycles. The fourth-order valence-corrected chi connectivity index (χ4v) is 6.86. The van der Waals surface area contributed by atoms with Crippen molar-refractivity contribution in [1.29, 1.82) is 5.26 Å². The molecule has 2 amide bonds. The van der Waals surface area contributed by atoms with Crippen molar-refractivity contribution >= 4 is 62.1 Å². The van der Waals surface area contributed by atoms with Crippen molar-refractivity contribution in [2.24, 2.45) is 10.3 Å². The summed E-state index contributed by atoms with van der Waals surface area (Å²) in [4.78, 5) is 48.0. The van der Waals surface area contributed by atoms with Gasteiger partial charge >= 0.3 is 5.97 Å². The second-order valence-electron chi connectivity index (χ2n) is 9.46. The smallest absolute Gasteiger partial charge is 0.352 e. The van der Waals surface area contributed by atoms with E-state index in [4.69, 9.17) is 21.0 Å². The average molecular weight is 628 g/mol. The zero-order chi connectivity index (χ0) is 29.9. The number of hydrogen-bond acceptors (Lipinski definition) is 13. The van der Waals surface area contributed by atoms with Crippen LogP contribution < -0.4 is 16.2 Å². The maximum atomic E-state index is 13.0. The normalized spacial score (nSPS) is 23.1. The fraction of sp³-hybridized carbons (Fsp3) is 0.476. The molecule has 0 spiro atoms. The molecule has 17 nitrogen and oxygen atoms in total. The number of hydrogen-bond donors (Lipinski definition) is 4. The van der Waals surface area contributed by atoms with Gasteiger partial charge in [0.25, 0.3) is 22.0 Å². The van der Waals surface area contributed by atoms with Crippen molar-refractivity contribution in [3.8, 4) is 6.07 Å². The van der Waals surface area contributed by atoms with Gasteiger partial charge in [0, 0.05) is 17.3 Å². The minimum absolute atomic E-state index is 0.0630. The lowest BCUT2D eigenvalue weighted by Gasteiger charge is -2.49. The maximum absolute atomic E-state index is 13.0. The fourth-order valence-electron chi connectivity index (χ4n) is 4.44. The zero-order valence-corrected chi connectivity index (χ0v) is 24.1. The highest BCUT2D eigenvalue weighted by Crippen LogP contribution is 2.40. The predicted molar refractivity (Wildman–Crippen MR) is 147 cm³/mol. The van der Waals surface area contributed by atoms with Gasteiger partial charge in [0.2, 0.25) is 18.1 Å². The Morgan fingerprint density at radius 2 is 2.10 bits per heavy atom. The Kier molecular flexibility index (Phi) is 8.95. The third kappa shape index (κ3) is 6.66. The van der Waals surface area contributed by atoms with Crippen molar-refractivity contribution in [3.63, 3.8) is 0 Å². The van der Waals surface area contributed by atoms with Gasteiger partial charge in [-0.15, -0.1) is 11.8 Å². The first kappa shape index (κ1) is 30.4. The molecule has 2 atom stereocenters. The number of thioether (sulfide) groups is 1. The molecule has 20 heteroatoms. The topological polar surface area (TPSA) is 247 Å². The number of amides is 2. The lowest BCUT2D eigenvalue weighted by atomic mass is 10.0. The summed E-state index contributed by atoms with van der Waals surface area (Å²) >= 11 is 2.09. The average Bonchev–Trinajstić information content (AvgIpc) is 3.34. The number of carboxylic acids is 1. The number of nitrogens with two attached hydrogens (primary N) is 2. The standard InChI is InChI=1S/C21H26N10O7S3/c1-31(8-5-29(6-9-31)41(24,36)37)7-2-3-12-11-39-19-14(18(33)30(19)15(12)20(34)35)25-17(32)13(27-38-10-4-22)16-26-21(23)40-28-16/h2-3,14,19H,5-11H2,1H3,(H5-,23,24,25,26,28,32,34,35,36,37)/p+1/b3-2+,27-13-/t14-,19-/m1/s1. The summed E-state index contributed by atoms with van der Waals surface area (Å²) in [7, 11) is -1.78. The van der Waals surface area contributed by atoms with E-state index < -0.39 is 46.0 Å². The van der Waals surface area contributed by atoms with Crippen LogP contribution in [0.25, 0.3) is 0 Å². The van der Waals surface area contributed by atoms with Crippen LogP contribution in [0, 0.1) is 11.3 Å². The van der Waals surface area contributed by atoms with Crippen molar-refractivity contribution in [1.82, 2.24) is 23.9 Å². The quantitative estimate of drug-likeness (QED) is 0.0698. The first-order valence-corrected chi connectivity index (χ1v) is 15.3. The number of nitrogens with zero attached hydrogens (tertiary/aromatic N) is 7. The highest BCUT2D eigenvalue weighted by Gasteiger charge is 2.54. The van der Waals surface area contributed by atoms with Gasteiger partial charge in [0.05, 0.1) is 39.8 Å². The van der Waals surface area contributed by atoms with Crippen molar-refractivity contribution in [2.45, 2.75) is 11.4 Å². The lowest BCUT2D eigenvalue weighted by Crippen LogP contribution is -2.71. The van der Waals surface area contributed by atoms with Crippen LogP contribution >= 0.6 is 23.3 Å². The van der Waals surface area contributed by atoms with E-state index in [1.165, 1.54) is 16.1 Å². The van der Waals surface area contributed by atoms with Crippen LogP contribution in [0.4, 0.5) is 5.13 Å². The van der Waals surface area contributed by atoms with E-state index in [-0.39, 0.29) is 41.2 Å². The molecule has 0 radical (unpaired) electrons. The highest BCUT2D eigenvalue weighted by atomic mass is 32.2. The molecular weight excluding hydrogens is 600 g/mol. The number of oxime groups is 1. The molecule has 2 saturated heterocycles. The Morgan fingerprint density at radius 1 is 1.39 bits per heavy atom. The molecule has 220 valence electrons. The molecule has 3 aliphatic heterocycles. The first-order chi connectivity index (χ1) is 19.3. The molecule has 0 bridgehead atoms. The number of nitrogens with one attached hydrogen (secondary N) is 1. The lowest BCUT2D eigenvalue weighted by molar-refractivity contribution is -0.907. The second kappa shape index (κ2) is 12.1. The van der Waals surface area contributed by atoms with E-state index in [2.05, 4.69) is 19.8 Å². The number of piperazine rings is 1. The van der Waals surface area contributed by atoms with Crippen molar-refractivity contribution in [3.05, 3.63) is 29.2 Å². The van der Waals surface area contributed by atoms with E-state index in [0.29, 0.717) is 29.7 Å². The van der Waals surface area contributed by atoms with Crippen LogP contribution in [0.3, 0.4) is 0 Å². The maximum Gasteiger partial charge on any atom is 0.352 e. The molecule has 4 rings (SSSR count). The van der Waals surface area contributed by atoms with Crippen LogP contribution in [-0.4, -0.2) is 124 Å². The van der Waals surface area contributed by atoms with Crippen molar-refractivity contribution < 1.29 is 37.2 Å². The number of nitriles is 1. The minimum atomic E-state index is -3.75. The molecular formula is C21H27N10O7S3+. The number of aromatic nitrogens is 2. The Morgan fingerprint density at radius 3 is 2.68 bits per heavy atom. The predicted octanol–water partition coefficient (Wildman–Crippen LogP) is -2.37. The van der Waals surface area contributed by atoms with E-state index in [0.717, 1.165) is 16.4 Å². The number of nitrogen functional groups attached to an aromatic ring is 1. The third-order valence-electron chi connectivity index (χ3n) is 6.64. The first-order valence-electron chi connectivity index (χ1n) is 12.0. The molecule has 1 aromatic heterocycles. The number of carbonyl (C=O) groups is 3. The third-order valence-corrected chi connectivity index (χ3v) is 9.57. The summed E-state index contributed by atoms with van der Waals surface area (Å²) in [6.45, 7) is 1.69. The summed E-state index contributed by atoms with van der Waals surface area (Å²) in [5.41, 5.74) is 5.45. The Labute approximate surface area is 243 Å². The van der Waals surface area contributed by atoms with Gasteiger partial charge in [-0.3, -0.25) is 14.5 Å². The van der Waals surface area contributed by atoms with Crippen LogP contribution in [0.5, 0.6) is 0 Å². The number of anilines is 1. The largest absolute Gasteiger partial charge is 0.477 e. The van der Waals surface area contributed by atoms with Crippen molar-refractivity contribution in [2.75, 3.05) is 57.9 Å². The molecule has 0 saturated carbocycles. The number of carbonyl (C=O) groups excluding carboxylic acids is 2. The number of allylic oxidation sites excluding steroid dienone is 1. The van der Waals surface area contributed by atoms with Gasteiger partial charge in [-0.2, -0.15) is 27.3 Å². The molecule has 41 heavy (non-hydrogen) atoms. The summed E-state index contributed by atoms with van der Waals surface area (Å²) in [6, 6.07) is 0.652. The van der Waals surface area contributed by atoms with Crippen LogP contribution in [0.15, 0.2) is 28.6 Å². The molecule has 0 unspecified atom stereocenters. The van der Waals surface area contributed by atoms with E-state index in [9.17, 15) is 27.9 Å². The molecule has 3 aliphatic rings. The highest BCUT2D eigenvalue weighted by molar-refractivity contribution is 8.00. The summed E-state index contributed by atoms with van der Waals surface area (Å²) < 4.78 is 28.8.